The van der Waals surface area contributed by atoms with Crippen molar-refractivity contribution in [1.29, 1.82) is 0 Å². The molecule has 0 radical (unpaired) electrons. The summed E-state index contributed by atoms with van der Waals surface area (Å²) >= 11 is 1.19. The second kappa shape index (κ2) is 4.20. The fourth-order valence-electron chi connectivity index (χ4n) is 2.01. The third-order valence-electron chi connectivity index (χ3n) is 2.85. The second-order valence-corrected chi connectivity index (χ2v) is 5.28. The van der Waals surface area contributed by atoms with Gasteiger partial charge in [-0.2, -0.15) is 13.2 Å². The zero-order valence-corrected chi connectivity index (χ0v) is 11.1. The van der Waals surface area contributed by atoms with E-state index in [1.165, 1.54) is 17.4 Å². The predicted octanol–water partition coefficient (Wildman–Crippen LogP) is 3.60. The molecule has 0 fully saturated rings. The minimum atomic E-state index is -4.44. The van der Waals surface area contributed by atoms with Gasteiger partial charge in [0, 0.05) is 0 Å². The molecule has 2 aromatic heterocycles. The molecule has 0 spiro atoms. The van der Waals surface area contributed by atoms with Crippen molar-refractivity contribution >= 4 is 27.5 Å². The molecule has 0 aliphatic carbocycles. The highest BCUT2D eigenvalue weighted by Crippen LogP contribution is 2.36. The summed E-state index contributed by atoms with van der Waals surface area (Å²) in [5, 5.41) is 0.356. The number of aromatic amines is 1. The molecule has 0 aliphatic heterocycles. The van der Waals surface area contributed by atoms with Crippen LogP contribution in [0.4, 0.5) is 18.3 Å². The minimum Gasteiger partial charge on any atom is -0.375 e. The first-order valence-electron chi connectivity index (χ1n) is 5.65. The predicted molar refractivity (Wildman–Crippen MR) is 71.4 cm³/mol. The van der Waals surface area contributed by atoms with Gasteiger partial charge >= 0.3 is 6.18 Å². The number of alkyl halides is 3. The average molecular weight is 298 g/mol. The van der Waals surface area contributed by atoms with Crippen LogP contribution >= 0.6 is 11.3 Å². The molecule has 0 atom stereocenters. The van der Waals surface area contributed by atoms with E-state index in [0.29, 0.717) is 27.0 Å². The fourth-order valence-corrected chi connectivity index (χ4v) is 2.78. The van der Waals surface area contributed by atoms with Crippen molar-refractivity contribution < 1.29 is 13.2 Å². The summed E-state index contributed by atoms with van der Waals surface area (Å²) in [6.07, 6.45) is -4.44. The fraction of sp³-hybridized carbons (Fsp3) is 0.167. The molecule has 0 saturated carbocycles. The first-order valence-corrected chi connectivity index (χ1v) is 6.47. The SMILES string of the molecule is Cc1nc(N)sc1-c1nc2c(C(F)(F)F)cccc2[nH]1. The number of rotatable bonds is 1. The molecule has 2 heterocycles. The number of nitrogens with zero attached hydrogens (tertiary/aromatic N) is 2. The number of hydrogen-bond donors (Lipinski definition) is 2. The number of H-pyrrole nitrogens is 1. The minimum absolute atomic E-state index is 0.0960. The van der Waals surface area contributed by atoms with Crippen LogP contribution in [0.2, 0.25) is 0 Å². The van der Waals surface area contributed by atoms with Crippen molar-refractivity contribution in [3.05, 3.63) is 29.5 Å². The first-order chi connectivity index (χ1) is 9.36. The van der Waals surface area contributed by atoms with Crippen molar-refractivity contribution in [3.8, 4) is 10.7 Å². The van der Waals surface area contributed by atoms with Gasteiger partial charge in [0.2, 0.25) is 0 Å². The molecule has 0 bridgehead atoms. The second-order valence-electron chi connectivity index (χ2n) is 4.25. The number of imidazole rings is 1. The maximum absolute atomic E-state index is 12.9. The van der Waals surface area contributed by atoms with E-state index in [1.807, 2.05) is 0 Å². The molecule has 104 valence electrons. The molecule has 3 rings (SSSR count). The van der Waals surface area contributed by atoms with E-state index < -0.39 is 11.7 Å². The number of aromatic nitrogens is 3. The number of hydrogen-bond acceptors (Lipinski definition) is 4. The van der Waals surface area contributed by atoms with Crippen molar-refractivity contribution in [2.24, 2.45) is 0 Å². The summed E-state index contributed by atoms with van der Waals surface area (Å²) in [5.74, 6) is 0.350. The number of nitrogens with one attached hydrogen (secondary N) is 1. The van der Waals surface area contributed by atoms with E-state index in [-0.39, 0.29) is 5.52 Å². The number of thiazole rings is 1. The Morgan fingerprint density at radius 3 is 2.60 bits per heavy atom. The van der Waals surface area contributed by atoms with Crippen LogP contribution in [0.1, 0.15) is 11.3 Å². The molecule has 3 aromatic rings. The number of fused-ring (bicyclic) bond motifs is 1. The number of benzene rings is 1. The summed E-state index contributed by atoms with van der Waals surface area (Å²) in [4.78, 5) is 11.6. The monoisotopic (exact) mass is 298 g/mol. The Labute approximate surface area is 115 Å². The van der Waals surface area contributed by atoms with E-state index in [2.05, 4.69) is 15.0 Å². The largest absolute Gasteiger partial charge is 0.418 e. The zero-order chi connectivity index (χ0) is 14.5. The van der Waals surface area contributed by atoms with Crippen LogP contribution < -0.4 is 5.73 Å². The summed E-state index contributed by atoms with van der Waals surface area (Å²) in [7, 11) is 0. The van der Waals surface area contributed by atoms with E-state index >= 15 is 0 Å². The number of nitrogens with two attached hydrogens (primary N) is 1. The Kier molecular flexibility index (Phi) is 2.72. The van der Waals surface area contributed by atoms with E-state index in [4.69, 9.17) is 5.73 Å². The molecule has 4 nitrogen and oxygen atoms in total. The third-order valence-corrected chi connectivity index (χ3v) is 3.84. The summed E-state index contributed by atoms with van der Waals surface area (Å²) < 4.78 is 38.8. The highest BCUT2D eigenvalue weighted by atomic mass is 32.1. The van der Waals surface area contributed by atoms with Crippen LogP contribution in [0.15, 0.2) is 18.2 Å². The molecule has 20 heavy (non-hydrogen) atoms. The number of aryl methyl sites for hydroxylation is 1. The van der Waals surface area contributed by atoms with Gasteiger partial charge in [-0.3, -0.25) is 0 Å². The highest BCUT2D eigenvalue weighted by Gasteiger charge is 2.33. The Morgan fingerprint density at radius 1 is 1.25 bits per heavy atom. The van der Waals surface area contributed by atoms with E-state index in [1.54, 1.807) is 13.0 Å². The van der Waals surface area contributed by atoms with Gasteiger partial charge in [0.25, 0.3) is 0 Å². The quantitative estimate of drug-likeness (QED) is 0.721. The van der Waals surface area contributed by atoms with Crippen molar-refractivity contribution in [1.82, 2.24) is 15.0 Å². The van der Waals surface area contributed by atoms with Gasteiger partial charge in [-0.1, -0.05) is 17.4 Å². The van der Waals surface area contributed by atoms with Crippen LogP contribution in [-0.4, -0.2) is 15.0 Å². The molecular weight excluding hydrogens is 289 g/mol. The Hall–Kier alpha value is -2.09. The van der Waals surface area contributed by atoms with Gasteiger partial charge in [-0.15, -0.1) is 0 Å². The molecule has 0 amide bonds. The molecule has 8 heteroatoms. The molecular formula is C12H9F3N4S. The number of anilines is 1. The third kappa shape index (κ3) is 2.01. The molecule has 0 unspecified atom stereocenters. The molecule has 3 N–H and O–H groups in total. The van der Waals surface area contributed by atoms with Crippen LogP contribution in [0, 0.1) is 6.92 Å². The summed E-state index contributed by atoms with van der Waals surface area (Å²) in [6.45, 7) is 1.74. The normalized spacial score (nSPS) is 12.2. The van der Waals surface area contributed by atoms with Crippen LogP contribution in [0.25, 0.3) is 21.7 Å². The zero-order valence-electron chi connectivity index (χ0n) is 10.2. The van der Waals surface area contributed by atoms with Crippen molar-refractivity contribution in [3.63, 3.8) is 0 Å². The van der Waals surface area contributed by atoms with Gasteiger partial charge in [-0.25, -0.2) is 9.97 Å². The standard InChI is InChI=1S/C12H9F3N4S/c1-5-9(20-11(16)17-5)10-18-7-4-2-3-6(8(7)19-10)12(13,14)15/h2-4H,1H3,(H2,16,17)(H,18,19). The molecule has 1 aromatic carbocycles. The average Bonchev–Trinajstić information content (AvgIpc) is 2.89. The van der Waals surface area contributed by atoms with Gasteiger partial charge in [-0.05, 0) is 19.1 Å². The lowest BCUT2D eigenvalue weighted by Gasteiger charge is -2.05. The van der Waals surface area contributed by atoms with Crippen molar-refractivity contribution in [2.45, 2.75) is 13.1 Å². The Balaban J connectivity index is 2.24. The van der Waals surface area contributed by atoms with Crippen LogP contribution in [-0.2, 0) is 6.18 Å². The summed E-state index contributed by atoms with van der Waals surface area (Å²) in [5.41, 5.74) is 5.72. The maximum atomic E-state index is 12.9. The molecule has 0 saturated heterocycles. The Bertz CT molecular complexity index is 788. The summed E-state index contributed by atoms with van der Waals surface area (Å²) in [6, 6.07) is 3.92. The number of halogens is 3. The van der Waals surface area contributed by atoms with Crippen LogP contribution in [0.5, 0.6) is 0 Å². The van der Waals surface area contributed by atoms with Gasteiger partial charge in [0.1, 0.15) is 5.52 Å². The van der Waals surface area contributed by atoms with Gasteiger partial charge in [0.15, 0.2) is 11.0 Å². The van der Waals surface area contributed by atoms with Crippen LogP contribution in [0.3, 0.4) is 0 Å². The Morgan fingerprint density at radius 2 is 2.00 bits per heavy atom. The smallest absolute Gasteiger partial charge is 0.375 e. The topological polar surface area (TPSA) is 67.6 Å². The number of para-hydroxylation sites is 1. The molecule has 0 aliphatic rings. The maximum Gasteiger partial charge on any atom is 0.418 e. The lowest BCUT2D eigenvalue weighted by molar-refractivity contribution is -0.136. The van der Waals surface area contributed by atoms with E-state index in [0.717, 1.165) is 6.07 Å². The number of nitrogen functional groups attached to an aromatic ring is 1. The van der Waals surface area contributed by atoms with Crippen molar-refractivity contribution in [2.75, 3.05) is 5.73 Å². The lowest BCUT2D eigenvalue weighted by atomic mass is 10.2. The lowest BCUT2D eigenvalue weighted by Crippen LogP contribution is -2.05. The first kappa shape index (κ1) is 12.9. The van der Waals surface area contributed by atoms with Gasteiger partial charge < -0.3 is 10.7 Å². The highest BCUT2D eigenvalue weighted by molar-refractivity contribution is 7.18. The van der Waals surface area contributed by atoms with E-state index in [9.17, 15) is 13.2 Å². The van der Waals surface area contributed by atoms with Gasteiger partial charge in [0.05, 0.1) is 21.7 Å².